The third kappa shape index (κ3) is 8.42. The van der Waals surface area contributed by atoms with Crippen molar-refractivity contribution in [2.24, 2.45) is 18.9 Å². The van der Waals surface area contributed by atoms with Gasteiger partial charge in [-0.3, -0.25) is 38.6 Å². The van der Waals surface area contributed by atoms with Crippen LogP contribution >= 0.6 is 11.6 Å². The number of likely N-dealkylation sites (N-methyl/N-ethyl adjacent to an activating group) is 1. The Kier molecular flexibility index (Phi) is 11.8. The molecule has 4 aromatic heterocycles. The van der Waals surface area contributed by atoms with Crippen molar-refractivity contribution in [2.45, 2.75) is 52.0 Å². The van der Waals surface area contributed by atoms with Crippen LogP contribution in [0.4, 0.5) is 27.5 Å². The lowest BCUT2D eigenvalue weighted by atomic mass is 9.86. The van der Waals surface area contributed by atoms with Crippen LogP contribution in [0.1, 0.15) is 57.7 Å². The summed E-state index contributed by atoms with van der Waals surface area (Å²) in [5.41, 5.74) is 2.42. The molecule has 0 saturated carbocycles. The first kappa shape index (κ1) is 41.8. The summed E-state index contributed by atoms with van der Waals surface area (Å²) in [5.74, 6) is -0.0774. The van der Waals surface area contributed by atoms with Gasteiger partial charge in [0, 0.05) is 83.1 Å². The number of piperidine rings is 2. The third-order valence-electron chi connectivity index (χ3n) is 12.1. The minimum Gasteiger partial charge on any atom is -0.478 e. The van der Waals surface area contributed by atoms with E-state index in [2.05, 4.69) is 52.6 Å². The Balaban J connectivity index is 0.904. The van der Waals surface area contributed by atoms with E-state index >= 15 is 4.39 Å². The van der Waals surface area contributed by atoms with Crippen molar-refractivity contribution < 1.29 is 23.5 Å². The van der Waals surface area contributed by atoms with Gasteiger partial charge < -0.3 is 25.2 Å². The zero-order valence-electron chi connectivity index (χ0n) is 34.9. The second-order valence-electron chi connectivity index (χ2n) is 16.4. The van der Waals surface area contributed by atoms with Crippen LogP contribution in [0.15, 0.2) is 41.5 Å². The zero-order valence-corrected chi connectivity index (χ0v) is 35.6. The Labute approximate surface area is 356 Å². The van der Waals surface area contributed by atoms with Crippen LogP contribution in [0.2, 0.25) is 5.02 Å². The normalized spacial score (nSPS) is 20.1. The largest absolute Gasteiger partial charge is 0.478 e. The molecule has 8 rings (SSSR count). The van der Waals surface area contributed by atoms with Crippen LogP contribution in [0.25, 0.3) is 21.9 Å². The number of pyridine rings is 2. The number of carbonyl (C=O) groups excluding carboxylic acids is 3. The monoisotopic (exact) mass is 856 g/mol. The molecule has 3 aliphatic heterocycles. The van der Waals surface area contributed by atoms with E-state index in [1.807, 2.05) is 19.9 Å². The number of imide groups is 1. The molecule has 5 aromatic rings. The quantitative estimate of drug-likeness (QED) is 0.162. The maximum Gasteiger partial charge on any atom is 0.294 e. The number of ether oxygens (including phenoxy) is 1. The predicted octanol–water partition coefficient (Wildman–Crippen LogP) is 4.12. The van der Waals surface area contributed by atoms with Gasteiger partial charge in [-0.2, -0.15) is 10.1 Å². The molecule has 3 atom stereocenters. The molecule has 19 heteroatoms. The van der Waals surface area contributed by atoms with Gasteiger partial charge in [0.25, 0.3) is 11.5 Å². The summed E-state index contributed by atoms with van der Waals surface area (Å²) in [4.78, 5) is 70.3. The van der Waals surface area contributed by atoms with Gasteiger partial charge in [-0.15, -0.1) is 0 Å². The molecule has 17 nitrogen and oxygen atoms in total. The summed E-state index contributed by atoms with van der Waals surface area (Å²) < 4.78 is 24.4. The van der Waals surface area contributed by atoms with Crippen molar-refractivity contribution in [2.75, 3.05) is 74.6 Å². The van der Waals surface area contributed by atoms with Crippen molar-refractivity contribution >= 4 is 74.4 Å². The molecule has 7 heterocycles. The molecule has 1 unspecified atom stereocenters. The number of anilines is 4. The van der Waals surface area contributed by atoms with Crippen LogP contribution in [-0.4, -0.2) is 111 Å². The Morgan fingerprint density at radius 3 is 2.56 bits per heavy atom. The molecular weight excluding hydrogens is 807 g/mol. The van der Waals surface area contributed by atoms with Crippen LogP contribution in [-0.2, 0) is 21.4 Å². The van der Waals surface area contributed by atoms with E-state index in [1.54, 1.807) is 36.3 Å². The van der Waals surface area contributed by atoms with E-state index in [0.717, 1.165) is 44.5 Å². The number of fused-ring (bicyclic) bond motifs is 2. The van der Waals surface area contributed by atoms with Gasteiger partial charge in [-0.1, -0.05) is 18.5 Å². The van der Waals surface area contributed by atoms with Crippen molar-refractivity contribution in [3.05, 3.63) is 63.5 Å². The van der Waals surface area contributed by atoms with Gasteiger partial charge in [-0.05, 0) is 62.8 Å². The Morgan fingerprint density at radius 1 is 1.05 bits per heavy atom. The fourth-order valence-corrected chi connectivity index (χ4v) is 8.94. The molecule has 3 aliphatic rings. The number of nitrogens with zero attached hydrogens (tertiary/aromatic N) is 9. The highest BCUT2D eigenvalue weighted by molar-refractivity contribution is 6.33. The minimum atomic E-state index is -0.559. The molecule has 61 heavy (non-hydrogen) atoms. The summed E-state index contributed by atoms with van der Waals surface area (Å²) in [6, 6.07) is 6.35. The van der Waals surface area contributed by atoms with Crippen LogP contribution in [0.3, 0.4) is 0 Å². The summed E-state index contributed by atoms with van der Waals surface area (Å²) in [5, 5.41) is 14.6. The van der Waals surface area contributed by atoms with Crippen molar-refractivity contribution in [3.8, 4) is 5.75 Å². The Hall–Kier alpha value is -5.88. The van der Waals surface area contributed by atoms with Crippen LogP contribution in [0.5, 0.6) is 5.75 Å². The lowest BCUT2D eigenvalue weighted by Crippen LogP contribution is -2.50. The highest BCUT2D eigenvalue weighted by Crippen LogP contribution is 2.37. The molecular formula is C42H50ClFN12O5. The van der Waals surface area contributed by atoms with E-state index in [9.17, 15) is 19.2 Å². The van der Waals surface area contributed by atoms with Crippen molar-refractivity contribution in [3.63, 3.8) is 0 Å². The number of benzene rings is 1. The zero-order chi connectivity index (χ0) is 43.1. The van der Waals surface area contributed by atoms with Gasteiger partial charge in [0.15, 0.2) is 18.2 Å². The lowest BCUT2D eigenvalue weighted by Gasteiger charge is -2.42. The maximum absolute atomic E-state index is 15.6. The number of aryl methyl sites for hydroxylation is 1. The van der Waals surface area contributed by atoms with Gasteiger partial charge in [0.05, 0.1) is 40.9 Å². The van der Waals surface area contributed by atoms with E-state index in [0.29, 0.717) is 81.8 Å². The molecule has 0 spiro atoms. The van der Waals surface area contributed by atoms with Crippen LogP contribution < -0.4 is 36.0 Å². The molecule has 3 N–H and O–H groups in total. The smallest absolute Gasteiger partial charge is 0.294 e. The summed E-state index contributed by atoms with van der Waals surface area (Å²) in [7, 11) is 3.28. The van der Waals surface area contributed by atoms with Crippen molar-refractivity contribution in [1.29, 1.82) is 0 Å². The molecule has 3 fully saturated rings. The number of rotatable bonds is 11. The number of aromatic nitrogens is 6. The Morgan fingerprint density at radius 2 is 1.84 bits per heavy atom. The number of halogens is 2. The average Bonchev–Trinajstić information content (AvgIpc) is 3.56. The molecule has 322 valence electrons. The predicted molar refractivity (Wildman–Crippen MR) is 230 cm³/mol. The van der Waals surface area contributed by atoms with Crippen LogP contribution in [0, 0.1) is 17.7 Å². The van der Waals surface area contributed by atoms with Gasteiger partial charge in [0.2, 0.25) is 17.8 Å². The van der Waals surface area contributed by atoms with Gasteiger partial charge in [0.1, 0.15) is 16.5 Å². The minimum absolute atomic E-state index is 0.0448. The van der Waals surface area contributed by atoms with E-state index in [1.165, 1.54) is 17.7 Å². The SMILES string of the molecule is CNC(=O)COc1cc2cc(Nc3nc(N4CC[C@H](CN5CCN(c6c(F)ccc7c(C8CCC(=O)NC8=O)nn(C)c67)CC5)[C@H](C)C4)ncc3Cl)cnc2n(C(C)C)c1=O. The molecule has 0 radical (unpaired) electrons. The standard InChI is InChI=1S/C42H50ClFN12O5/c1-23(2)56-39-26(17-32(41(56)60)61-22-34(58)45-4)16-27(18-46-39)48-38-30(43)19-47-42(50-38)55-11-10-25(24(3)20-55)21-53-12-14-54(15-13-53)37-31(44)8-6-28-35(51-52(5)36(28)37)29-7-9-33(57)49-40(29)59/h6,8,16-19,23-25,29H,7,9-15,20-22H2,1-5H3,(H,45,58)(H,47,48,50)(H,49,57,59)/t24-,25-,29?/m1/s1. The third-order valence-corrected chi connectivity index (χ3v) is 12.3. The second kappa shape index (κ2) is 17.2. The van der Waals surface area contributed by atoms with Crippen molar-refractivity contribution in [1.82, 2.24) is 44.8 Å². The van der Waals surface area contributed by atoms with E-state index in [4.69, 9.17) is 21.3 Å². The summed E-state index contributed by atoms with van der Waals surface area (Å²) >= 11 is 6.61. The number of amides is 3. The summed E-state index contributed by atoms with van der Waals surface area (Å²) in [6.07, 6.45) is 4.77. The highest BCUT2D eigenvalue weighted by atomic mass is 35.5. The first-order valence-electron chi connectivity index (χ1n) is 20.7. The molecule has 1 aromatic carbocycles. The number of nitrogens with one attached hydrogen (secondary N) is 3. The topological polar surface area (TPSA) is 185 Å². The average molecular weight is 857 g/mol. The van der Waals surface area contributed by atoms with Gasteiger partial charge in [-0.25, -0.2) is 14.4 Å². The first-order valence-corrected chi connectivity index (χ1v) is 21.1. The Bertz CT molecular complexity index is 2570. The molecule has 0 bridgehead atoms. The second-order valence-corrected chi connectivity index (χ2v) is 16.8. The summed E-state index contributed by atoms with van der Waals surface area (Å²) in [6.45, 7) is 11.0. The number of piperazine rings is 1. The van der Waals surface area contributed by atoms with E-state index < -0.39 is 5.92 Å². The molecule has 0 aliphatic carbocycles. The molecule has 3 saturated heterocycles. The lowest BCUT2D eigenvalue weighted by molar-refractivity contribution is -0.134. The van der Waals surface area contributed by atoms with Gasteiger partial charge >= 0.3 is 0 Å². The number of carbonyl (C=O) groups is 3. The fraction of sp³-hybridized carbons (Fsp3) is 0.476. The number of hydrogen-bond donors (Lipinski definition) is 3. The number of hydrogen-bond acceptors (Lipinski definition) is 13. The fourth-order valence-electron chi connectivity index (χ4n) is 8.80. The maximum atomic E-state index is 15.6. The highest BCUT2D eigenvalue weighted by Gasteiger charge is 2.34. The van der Waals surface area contributed by atoms with E-state index in [-0.39, 0.29) is 53.9 Å². The molecule has 3 amide bonds. The first-order chi connectivity index (χ1) is 29.3.